The zero-order valence-electron chi connectivity index (χ0n) is 52.4. The lowest BCUT2D eigenvalue weighted by molar-refractivity contribution is -0.143. The lowest BCUT2D eigenvalue weighted by atomic mass is 10.0. The van der Waals surface area contributed by atoms with Crippen molar-refractivity contribution in [2.24, 2.45) is 0 Å². The van der Waals surface area contributed by atoms with Crippen LogP contribution in [0.4, 0.5) is 0 Å². The van der Waals surface area contributed by atoms with Gasteiger partial charge in [-0.1, -0.05) is 319 Å². The van der Waals surface area contributed by atoms with E-state index in [0.717, 1.165) is 64.2 Å². The van der Waals surface area contributed by atoms with Crippen LogP contribution in [-0.4, -0.2) is 47.4 Å². The number of aliphatic hydroxyl groups is 2. The fourth-order valence-electron chi connectivity index (χ4n) is 10.7. The second-order valence-electron chi connectivity index (χ2n) is 23.9. The van der Waals surface area contributed by atoms with E-state index in [2.05, 4.69) is 55.6 Å². The molecular formula is C72H135NO5. The van der Waals surface area contributed by atoms with Crippen LogP contribution in [0.2, 0.25) is 0 Å². The van der Waals surface area contributed by atoms with Crippen molar-refractivity contribution in [2.45, 2.75) is 386 Å². The van der Waals surface area contributed by atoms with Crippen molar-refractivity contribution in [1.29, 1.82) is 0 Å². The number of carbonyl (C=O) groups is 2. The second-order valence-corrected chi connectivity index (χ2v) is 23.9. The Bertz CT molecular complexity index is 1310. The highest BCUT2D eigenvalue weighted by molar-refractivity contribution is 5.76. The largest absolute Gasteiger partial charge is 0.466 e. The third-order valence-corrected chi connectivity index (χ3v) is 16.1. The van der Waals surface area contributed by atoms with Crippen molar-refractivity contribution in [2.75, 3.05) is 13.2 Å². The van der Waals surface area contributed by atoms with Gasteiger partial charge in [0.15, 0.2) is 0 Å². The topological polar surface area (TPSA) is 95.9 Å². The highest BCUT2D eigenvalue weighted by Gasteiger charge is 2.18. The molecule has 6 heteroatoms. The molecule has 0 rings (SSSR count). The molecule has 1 amide bonds. The number of allylic oxidation sites excluding steroid dienone is 7. The monoisotopic (exact) mass is 1090 g/mol. The van der Waals surface area contributed by atoms with E-state index in [1.807, 2.05) is 6.08 Å². The van der Waals surface area contributed by atoms with Gasteiger partial charge in [-0.25, -0.2) is 0 Å². The van der Waals surface area contributed by atoms with Crippen molar-refractivity contribution in [3.05, 3.63) is 48.6 Å². The fraction of sp³-hybridized carbons (Fsp3) is 0.861. The Hall–Kier alpha value is -2.18. The van der Waals surface area contributed by atoms with E-state index in [4.69, 9.17) is 4.74 Å². The Balaban J connectivity index is 3.48. The molecule has 0 aliphatic rings. The van der Waals surface area contributed by atoms with Crippen LogP contribution in [0.25, 0.3) is 0 Å². The standard InChI is InChI=1S/C72H135NO5/c1-3-5-7-9-11-13-15-17-19-21-22-23-27-30-33-36-40-44-48-52-56-60-64-70(75)69(68-74)73-71(76)65-61-57-53-49-45-41-37-34-31-28-25-24-26-29-32-35-39-43-47-51-55-59-63-67-78-72(77)66-62-58-54-50-46-42-38-20-18-16-14-12-10-8-6-4-2/h20,24,26,28,31,38,60,64,69-70,74-75H,3-19,21-23,25,27,29-30,32-37,39-59,61-63,65-68H2,1-2H3,(H,73,76)/b26-24-,31-28-,38-20-,64-60+. The van der Waals surface area contributed by atoms with Crippen LogP contribution in [0.1, 0.15) is 373 Å². The number of aliphatic hydroxyl groups excluding tert-OH is 2. The Kier molecular flexibility index (Phi) is 65.4. The summed E-state index contributed by atoms with van der Waals surface area (Å²) < 4.78 is 5.49. The van der Waals surface area contributed by atoms with Gasteiger partial charge in [0.25, 0.3) is 0 Å². The average molecular weight is 1090 g/mol. The molecule has 0 aliphatic heterocycles. The highest BCUT2D eigenvalue weighted by atomic mass is 16.5. The maximum Gasteiger partial charge on any atom is 0.305 e. The molecule has 2 atom stereocenters. The van der Waals surface area contributed by atoms with E-state index in [0.29, 0.717) is 19.4 Å². The summed E-state index contributed by atoms with van der Waals surface area (Å²) in [5.74, 6) is -0.0763. The van der Waals surface area contributed by atoms with Crippen molar-refractivity contribution in [3.63, 3.8) is 0 Å². The normalized spacial score (nSPS) is 12.8. The quantitative estimate of drug-likeness (QED) is 0.0320. The molecule has 0 spiro atoms. The number of hydrogen-bond donors (Lipinski definition) is 3. The average Bonchev–Trinajstić information content (AvgIpc) is 3.44. The van der Waals surface area contributed by atoms with Crippen LogP contribution >= 0.6 is 0 Å². The second kappa shape index (κ2) is 67.3. The van der Waals surface area contributed by atoms with Crippen molar-refractivity contribution in [1.82, 2.24) is 5.32 Å². The van der Waals surface area contributed by atoms with E-state index in [1.54, 1.807) is 6.08 Å². The Morgan fingerprint density at radius 3 is 0.987 bits per heavy atom. The van der Waals surface area contributed by atoms with Gasteiger partial charge < -0.3 is 20.3 Å². The molecule has 0 fully saturated rings. The van der Waals surface area contributed by atoms with Gasteiger partial charge in [0.1, 0.15) is 0 Å². The molecule has 0 aromatic heterocycles. The van der Waals surface area contributed by atoms with E-state index in [1.165, 1.54) is 283 Å². The molecule has 6 nitrogen and oxygen atoms in total. The summed E-state index contributed by atoms with van der Waals surface area (Å²) in [5.41, 5.74) is 0. The third kappa shape index (κ3) is 63.0. The predicted octanol–water partition coefficient (Wildman–Crippen LogP) is 22.5. The molecule has 0 aliphatic carbocycles. The molecule has 0 heterocycles. The highest BCUT2D eigenvalue weighted by Crippen LogP contribution is 2.18. The number of carbonyl (C=O) groups excluding carboxylic acids is 2. The molecule has 0 saturated carbocycles. The summed E-state index contributed by atoms with van der Waals surface area (Å²) in [6.45, 7) is 4.92. The summed E-state index contributed by atoms with van der Waals surface area (Å²) in [4.78, 5) is 24.6. The summed E-state index contributed by atoms with van der Waals surface area (Å²) in [7, 11) is 0. The first-order valence-electron chi connectivity index (χ1n) is 34.9. The van der Waals surface area contributed by atoms with E-state index < -0.39 is 12.1 Å². The van der Waals surface area contributed by atoms with Crippen molar-refractivity contribution < 1.29 is 24.5 Å². The molecule has 3 N–H and O–H groups in total. The zero-order chi connectivity index (χ0) is 56.4. The molecular weight excluding hydrogens is 959 g/mol. The van der Waals surface area contributed by atoms with Crippen molar-refractivity contribution >= 4 is 11.9 Å². The smallest absolute Gasteiger partial charge is 0.305 e. The van der Waals surface area contributed by atoms with Gasteiger partial charge in [-0.05, 0) is 89.9 Å². The van der Waals surface area contributed by atoms with Crippen LogP contribution in [0.3, 0.4) is 0 Å². The zero-order valence-corrected chi connectivity index (χ0v) is 52.4. The number of nitrogens with one attached hydrogen (secondary N) is 1. The van der Waals surface area contributed by atoms with Crippen LogP contribution < -0.4 is 5.32 Å². The fourth-order valence-corrected chi connectivity index (χ4v) is 10.7. The number of esters is 1. The number of hydrogen-bond acceptors (Lipinski definition) is 5. The molecule has 0 saturated heterocycles. The molecule has 78 heavy (non-hydrogen) atoms. The van der Waals surface area contributed by atoms with Crippen molar-refractivity contribution in [3.8, 4) is 0 Å². The summed E-state index contributed by atoms with van der Waals surface area (Å²) in [5, 5.41) is 23.2. The minimum Gasteiger partial charge on any atom is -0.466 e. The maximum atomic E-state index is 12.5. The van der Waals surface area contributed by atoms with Gasteiger partial charge in [0.2, 0.25) is 5.91 Å². The Morgan fingerprint density at radius 1 is 0.359 bits per heavy atom. The Morgan fingerprint density at radius 2 is 0.641 bits per heavy atom. The number of ether oxygens (including phenoxy) is 1. The van der Waals surface area contributed by atoms with Gasteiger partial charge in [-0.15, -0.1) is 0 Å². The molecule has 0 aromatic carbocycles. The first-order valence-corrected chi connectivity index (χ1v) is 34.9. The molecule has 0 radical (unpaired) electrons. The number of unbranched alkanes of at least 4 members (excludes halogenated alkanes) is 48. The molecule has 458 valence electrons. The van der Waals surface area contributed by atoms with Gasteiger partial charge >= 0.3 is 5.97 Å². The summed E-state index contributed by atoms with van der Waals surface area (Å²) in [6, 6.07) is -0.638. The number of rotatable bonds is 65. The van der Waals surface area contributed by atoms with Gasteiger partial charge in [-0.3, -0.25) is 9.59 Å². The summed E-state index contributed by atoms with van der Waals surface area (Å²) in [6.07, 6.45) is 87.5. The van der Waals surface area contributed by atoms with Gasteiger partial charge in [0, 0.05) is 12.8 Å². The summed E-state index contributed by atoms with van der Waals surface area (Å²) >= 11 is 0. The van der Waals surface area contributed by atoms with Crippen LogP contribution in [-0.2, 0) is 14.3 Å². The first-order chi connectivity index (χ1) is 38.5. The van der Waals surface area contributed by atoms with Crippen LogP contribution in [0.5, 0.6) is 0 Å². The van der Waals surface area contributed by atoms with Crippen LogP contribution in [0, 0.1) is 0 Å². The van der Waals surface area contributed by atoms with Crippen LogP contribution in [0.15, 0.2) is 48.6 Å². The third-order valence-electron chi connectivity index (χ3n) is 16.1. The van der Waals surface area contributed by atoms with Gasteiger partial charge in [-0.2, -0.15) is 0 Å². The first kappa shape index (κ1) is 75.8. The number of amides is 1. The van der Waals surface area contributed by atoms with E-state index in [9.17, 15) is 19.8 Å². The Labute approximate surface area is 486 Å². The minimum atomic E-state index is -0.853. The maximum absolute atomic E-state index is 12.5. The van der Waals surface area contributed by atoms with E-state index in [-0.39, 0.29) is 18.5 Å². The minimum absolute atomic E-state index is 0.000629. The lowest BCUT2D eigenvalue weighted by Crippen LogP contribution is -2.45. The van der Waals surface area contributed by atoms with E-state index >= 15 is 0 Å². The SMILES string of the molecule is CCCCCCCCC/C=C\CCCCCCCC(=O)OCCCCCCCCCCC/C=C\C/C=C\CCCCCCCCCC(=O)NC(CO)C(O)/C=C/CCCCCCCCCCCCCCCCCCCCCC. The molecule has 0 bridgehead atoms. The molecule has 0 aromatic rings. The molecule has 2 unspecified atom stereocenters. The predicted molar refractivity (Wildman–Crippen MR) is 342 cm³/mol. The lowest BCUT2D eigenvalue weighted by Gasteiger charge is -2.20. The van der Waals surface area contributed by atoms with Gasteiger partial charge in [0.05, 0.1) is 25.4 Å².